The third kappa shape index (κ3) is 5.06. The Bertz CT molecular complexity index is 437. The monoisotopic (exact) mass is 379 g/mol. The third-order valence-corrected chi connectivity index (χ3v) is 3.69. The van der Waals surface area contributed by atoms with Crippen molar-refractivity contribution in [2.45, 2.75) is 26.8 Å². The number of carbonyl (C=O) groups excluding carboxylic acids is 1. The lowest BCUT2D eigenvalue weighted by Crippen LogP contribution is -2.42. The van der Waals surface area contributed by atoms with Gasteiger partial charge >= 0.3 is 0 Å². The summed E-state index contributed by atoms with van der Waals surface area (Å²) in [5.74, 6) is -0.257. The first-order valence-corrected chi connectivity index (χ1v) is 7.37. The van der Waals surface area contributed by atoms with Crippen LogP contribution in [0.15, 0.2) is 18.2 Å². The molecule has 0 aliphatic heterocycles. The van der Waals surface area contributed by atoms with Gasteiger partial charge in [-0.25, -0.2) is 4.39 Å². The first-order valence-electron chi connectivity index (χ1n) is 6.29. The Hall–Kier alpha value is -0.690. The van der Waals surface area contributed by atoms with E-state index >= 15 is 0 Å². The van der Waals surface area contributed by atoms with Crippen LogP contribution in [0.5, 0.6) is 0 Å². The van der Waals surface area contributed by atoms with Crippen molar-refractivity contribution in [2.24, 2.45) is 5.92 Å². The lowest BCUT2D eigenvalue weighted by molar-refractivity contribution is 0.0805. The maximum absolute atomic E-state index is 13.0. The van der Waals surface area contributed by atoms with E-state index < -0.39 is 0 Å². The molecule has 0 aromatic heterocycles. The zero-order valence-electron chi connectivity index (χ0n) is 11.4. The molecule has 0 radical (unpaired) electrons. The number of amides is 1. The fourth-order valence-electron chi connectivity index (χ4n) is 1.57. The molecular weight excluding hydrogens is 360 g/mol. The molecule has 0 aliphatic rings. The highest BCUT2D eigenvalue weighted by Crippen LogP contribution is 2.14. The molecule has 0 saturated carbocycles. The predicted octanol–water partition coefficient (Wildman–Crippen LogP) is 3.22. The highest BCUT2D eigenvalue weighted by atomic mass is 127. The van der Waals surface area contributed by atoms with Gasteiger partial charge in [-0.1, -0.05) is 13.8 Å². The fourth-order valence-corrected chi connectivity index (χ4v) is 2.29. The fraction of sp³-hybridized carbons (Fsp3) is 0.500. The van der Waals surface area contributed by atoms with Crippen LogP contribution in [-0.4, -0.2) is 25.2 Å². The molecule has 3 nitrogen and oxygen atoms in total. The van der Waals surface area contributed by atoms with Gasteiger partial charge in [-0.3, -0.25) is 4.79 Å². The van der Waals surface area contributed by atoms with Crippen LogP contribution >= 0.6 is 22.6 Å². The van der Waals surface area contributed by atoms with Crippen molar-refractivity contribution in [2.75, 3.05) is 13.2 Å². The van der Waals surface area contributed by atoms with Gasteiger partial charge in [0.1, 0.15) is 5.82 Å². The molecule has 0 heterocycles. The molecule has 0 saturated heterocycles. The van der Waals surface area contributed by atoms with Crippen molar-refractivity contribution in [3.63, 3.8) is 0 Å². The van der Waals surface area contributed by atoms with Crippen LogP contribution in [0.4, 0.5) is 4.39 Å². The number of hydrogen-bond acceptors (Lipinski definition) is 2. The molecule has 1 unspecified atom stereocenters. The number of ether oxygens (including phenoxy) is 1. The van der Waals surface area contributed by atoms with E-state index in [-0.39, 0.29) is 23.7 Å². The van der Waals surface area contributed by atoms with E-state index in [4.69, 9.17) is 4.74 Å². The maximum atomic E-state index is 13.0. The molecule has 1 amide bonds. The summed E-state index contributed by atoms with van der Waals surface area (Å²) in [6, 6.07) is 4.10. The van der Waals surface area contributed by atoms with E-state index in [1.54, 1.807) is 0 Å². The van der Waals surface area contributed by atoms with Crippen LogP contribution in [-0.2, 0) is 4.74 Å². The van der Waals surface area contributed by atoms with Crippen LogP contribution < -0.4 is 5.32 Å². The van der Waals surface area contributed by atoms with E-state index in [1.807, 2.05) is 43.4 Å². The van der Waals surface area contributed by atoms with Gasteiger partial charge in [0.2, 0.25) is 0 Å². The lowest BCUT2D eigenvalue weighted by atomic mass is 10.0. The normalized spacial score (nSPS) is 12.5. The quantitative estimate of drug-likeness (QED) is 0.771. The molecule has 0 spiro atoms. The van der Waals surface area contributed by atoms with Gasteiger partial charge in [0.25, 0.3) is 5.91 Å². The minimum absolute atomic E-state index is 0.0479. The predicted molar refractivity (Wildman–Crippen MR) is 81.7 cm³/mol. The summed E-state index contributed by atoms with van der Waals surface area (Å²) >= 11 is 1.96. The maximum Gasteiger partial charge on any atom is 0.252 e. The Balaban J connectivity index is 2.76. The van der Waals surface area contributed by atoms with Crippen LogP contribution in [0.2, 0.25) is 0 Å². The SMILES string of the molecule is CCOCC(NC(=O)c1ccc(F)cc1I)C(C)C. The summed E-state index contributed by atoms with van der Waals surface area (Å²) in [6.07, 6.45) is 0. The summed E-state index contributed by atoms with van der Waals surface area (Å²) in [5, 5.41) is 2.94. The standard InChI is InChI=1S/C14H19FINO2/c1-4-19-8-13(9(2)3)17-14(18)11-6-5-10(15)7-12(11)16/h5-7,9,13H,4,8H2,1-3H3,(H,17,18). The average molecular weight is 379 g/mol. The van der Waals surface area contributed by atoms with Crippen molar-refractivity contribution in [1.29, 1.82) is 0 Å². The number of nitrogens with one attached hydrogen (secondary N) is 1. The van der Waals surface area contributed by atoms with Gasteiger partial charge in [0, 0.05) is 10.2 Å². The second-order valence-corrected chi connectivity index (χ2v) is 5.77. The Kier molecular flexibility index (Phi) is 6.71. The van der Waals surface area contributed by atoms with Crippen molar-refractivity contribution >= 4 is 28.5 Å². The Labute approximate surface area is 127 Å². The molecular formula is C14H19FINO2. The number of hydrogen-bond donors (Lipinski definition) is 1. The summed E-state index contributed by atoms with van der Waals surface area (Å²) in [7, 11) is 0. The molecule has 0 aliphatic carbocycles. The third-order valence-electron chi connectivity index (χ3n) is 2.80. The van der Waals surface area contributed by atoms with Crippen molar-refractivity contribution in [1.82, 2.24) is 5.32 Å². The van der Waals surface area contributed by atoms with Crippen molar-refractivity contribution in [3.8, 4) is 0 Å². The van der Waals surface area contributed by atoms with E-state index in [1.165, 1.54) is 18.2 Å². The largest absolute Gasteiger partial charge is 0.380 e. The van der Waals surface area contributed by atoms with E-state index in [0.29, 0.717) is 22.3 Å². The van der Waals surface area contributed by atoms with Crippen LogP contribution in [0.25, 0.3) is 0 Å². The minimum atomic E-state index is -0.337. The van der Waals surface area contributed by atoms with Crippen LogP contribution in [0, 0.1) is 15.3 Å². The average Bonchev–Trinajstić information content (AvgIpc) is 2.33. The van der Waals surface area contributed by atoms with Gasteiger partial charge in [-0.15, -0.1) is 0 Å². The Morgan fingerprint density at radius 2 is 2.16 bits per heavy atom. The summed E-state index contributed by atoms with van der Waals surface area (Å²) < 4.78 is 19.0. The second kappa shape index (κ2) is 7.79. The van der Waals surface area contributed by atoms with Gasteiger partial charge in [0.05, 0.1) is 18.2 Å². The van der Waals surface area contributed by atoms with Gasteiger partial charge in [-0.2, -0.15) is 0 Å². The van der Waals surface area contributed by atoms with Gasteiger partial charge < -0.3 is 10.1 Å². The molecule has 1 aromatic rings. The zero-order valence-corrected chi connectivity index (χ0v) is 13.5. The molecule has 19 heavy (non-hydrogen) atoms. The Morgan fingerprint density at radius 3 is 2.68 bits per heavy atom. The van der Waals surface area contributed by atoms with E-state index in [0.717, 1.165) is 0 Å². The van der Waals surface area contributed by atoms with E-state index in [9.17, 15) is 9.18 Å². The molecule has 5 heteroatoms. The molecule has 1 rings (SSSR count). The highest BCUT2D eigenvalue weighted by molar-refractivity contribution is 14.1. The molecule has 1 N–H and O–H groups in total. The lowest BCUT2D eigenvalue weighted by Gasteiger charge is -2.22. The summed E-state index contributed by atoms with van der Waals surface area (Å²) in [4.78, 5) is 12.2. The summed E-state index contributed by atoms with van der Waals surface area (Å²) in [5.41, 5.74) is 0.490. The molecule has 106 valence electrons. The number of rotatable bonds is 6. The first-order chi connectivity index (χ1) is 8.95. The number of benzene rings is 1. The molecule has 1 atom stereocenters. The summed E-state index contributed by atoms with van der Waals surface area (Å²) in [6.45, 7) is 7.08. The van der Waals surface area contributed by atoms with E-state index in [2.05, 4.69) is 5.32 Å². The first kappa shape index (κ1) is 16.4. The van der Waals surface area contributed by atoms with Crippen molar-refractivity contribution < 1.29 is 13.9 Å². The van der Waals surface area contributed by atoms with Crippen LogP contribution in [0.1, 0.15) is 31.1 Å². The zero-order chi connectivity index (χ0) is 14.4. The second-order valence-electron chi connectivity index (χ2n) is 4.61. The Morgan fingerprint density at radius 1 is 1.47 bits per heavy atom. The molecule has 0 fully saturated rings. The number of halogens is 2. The topological polar surface area (TPSA) is 38.3 Å². The minimum Gasteiger partial charge on any atom is -0.380 e. The molecule has 0 bridgehead atoms. The van der Waals surface area contributed by atoms with Crippen LogP contribution in [0.3, 0.4) is 0 Å². The smallest absolute Gasteiger partial charge is 0.252 e. The number of carbonyl (C=O) groups is 1. The van der Waals surface area contributed by atoms with Crippen molar-refractivity contribution in [3.05, 3.63) is 33.1 Å². The van der Waals surface area contributed by atoms with Gasteiger partial charge in [0.15, 0.2) is 0 Å². The molecule has 1 aromatic carbocycles. The highest BCUT2D eigenvalue weighted by Gasteiger charge is 2.18. The van der Waals surface area contributed by atoms with Gasteiger partial charge in [-0.05, 0) is 53.6 Å².